The first-order chi connectivity index (χ1) is 30.0. The monoisotopic (exact) mass is 882 g/mol. The highest BCUT2D eigenvalue weighted by atomic mass is 31.2. The third-order valence-electron chi connectivity index (χ3n) is 9.69. The standard InChI is InChI=1S/C53H89N2O6P/c1-6-8-10-12-14-16-17-18-19-20-21-22-23-24-25-26-27-28-29-30-31-32-33-34-35-36-37-39-41-43-45-47-53(57)54-51(50-61-62(58,59)60-49-48-55(3,4)5)52(56)46-44-42-40-38-15-13-11-9-7-2/h8,10,14,16,18-19,21-22,24-25,27-28,30-31,33-34,36-37,44,46,51-52,56H,6-7,9,11-13,15,17,20,23,26,29,32,35,38-43,45,47-50H2,1-5H3,(H-,54,57,58,59)/p+1/b10-8-,16-14-,19-18-,22-21-,25-24-,28-27-,31-30-,34-33-,37-36-,46-44+. The second-order valence-corrected chi connectivity index (χ2v) is 18.2. The number of rotatable bonds is 41. The molecular weight excluding hydrogens is 792 g/mol. The molecule has 0 fully saturated rings. The highest BCUT2D eigenvalue weighted by molar-refractivity contribution is 7.47. The highest BCUT2D eigenvalue weighted by Gasteiger charge is 2.27. The van der Waals surface area contributed by atoms with E-state index in [2.05, 4.69) is 129 Å². The van der Waals surface area contributed by atoms with Crippen molar-refractivity contribution in [1.82, 2.24) is 5.32 Å². The number of hydrogen-bond acceptors (Lipinski definition) is 5. The number of quaternary nitrogens is 1. The molecule has 0 aliphatic carbocycles. The molecule has 0 aromatic heterocycles. The number of phosphoric acid groups is 1. The number of carbonyl (C=O) groups excluding carboxylic acids is 1. The van der Waals surface area contributed by atoms with Crippen LogP contribution in [0.3, 0.4) is 0 Å². The summed E-state index contributed by atoms with van der Waals surface area (Å²) in [7, 11) is 1.52. The number of amides is 1. The zero-order valence-electron chi connectivity index (χ0n) is 39.8. The minimum absolute atomic E-state index is 0.0472. The molecule has 1 amide bonds. The number of unbranched alkanes of at least 4 members (excludes halogenated alkanes) is 10. The van der Waals surface area contributed by atoms with Gasteiger partial charge in [-0.15, -0.1) is 0 Å². The normalized spacial score (nSPS) is 15.3. The number of aliphatic hydroxyl groups excluding tert-OH is 1. The van der Waals surface area contributed by atoms with Crippen LogP contribution in [0.2, 0.25) is 0 Å². The summed E-state index contributed by atoms with van der Waals surface area (Å²) in [6.07, 6.45) is 64.3. The van der Waals surface area contributed by atoms with Crippen molar-refractivity contribution in [2.75, 3.05) is 40.9 Å². The molecule has 0 bridgehead atoms. The fourth-order valence-electron chi connectivity index (χ4n) is 5.91. The fraction of sp³-hybridized carbons (Fsp3) is 0.604. The Bertz CT molecular complexity index is 1410. The SMILES string of the molecule is CC/C=C\C/C=C\C/C=C\C/C=C\C/C=C\C/C=C\C/C=C\C/C=C\C/C=C\CCCCCC(=O)NC(COP(=O)(O)OCC[N+](C)(C)C)C(O)/C=C/CCCCCCCCC. The molecule has 62 heavy (non-hydrogen) atoms. The lowest BCUT2D eigenvalue weighted by molar-refractivity contribution is -0.870. The van der Waals surface area contributed by atoms with Crippen LogP contribution < -0.4 is 5.32 Å². The topological polar surface area (TPSA) is 105 Å². The van der Waals surface area contributed by atoms with Gasteiger partial charge in [0.25, 0.3) is 0 Å². The lowest BCUT2D eigenvalue weighted by Crippen LogP contribution is -2.45. The van der Waals surface area contributed by atoms with Gasteiger partial charge in [0.15, 0.2) is 0 Å². The first kappa shape index (κ1) is 58.9. The van der Waals surface area contributed by atoms with Crippen LogP contribution in [0.4, 0.5) is 0 Å². The Morgan fingerprint density at radius 1 is 0.565 bits per heavy atom. The Labute approximate surface area is 380 Å². The van der Waals surface area contributed by atoms with E-state index in [0.717, 1.165) is 103 Å². The van der Waals surface area contributed by atoms with Crippen LogP contribution in [0.1, 0.15) is 155 Å². The largest absolute Gasteiger partial charge is 0.472 e. The van der Waals surface area contributed by atoms with Crippen LogP contribution in [-0.4, -0.2) is 73.4 Å². The molecule has 3 unspecified atom stereocenters. The second kappa shape index (κ2) is 43.2. The number of nitrogens with zero attached hydrogens (tertiary/aromatic N) is 1. The lowest BCUT2D eigenvalue weighted by atomic mass is 10.1. The average molecular weight is 882 g/mol. The molecular formula is C53H90N2O6P+. The number of carbonyl (C=O) groups is 1. The van der Waals surface area contributed by atoms with Crippen LogP contribution in [-0.2, 0) is 18.4 Å². The number of aliphatic hydroxyl groups is 1. The van der Waals surface area contributed by atoms with Crippen molar-refractivity contribution in [3.8, 4) is 0 Å². The summed E-state index contributed by atoms with van der Waals surface area (Å²) >= 11 is 0. The van der Waals surface area contributed by atoms with Crippen molar-refractivity contribution in [3.63, 3.8) is 0 Å². The van der Waals surface area contributed by atoms with Crippen molar-refractivity contribution < 1.29 is 32.9 Å². The molecule has 0 heterocycles. The van der Waals surface area contributed by atoms with E-state index in [9.17, 15) is 19.4 Å². The van der Waals surface area contributed by atoms with Crippen LogP contribution >= 0.6 is 7.82 Å². The van der Waals surface area contributed by atoms with Crippen molar-refractivity contribution in [2.24, 2.45) is 0 Å². The Morgan fingerprint density at radius 2 is 0.968 bits per heavy atom. The van der Waals surface area contributed by atoms with E-state index < -0.39 is 20.0 Å². The van der Waals surface area contributed by atoms with Gasteiger partial charge in [-0.3, -0.25) is 13.8 Å². The van der Waals surface area contributed by atoms with Crippen molar-refractivity contribution in [1.29, 1.82) is 0 Å². The summed E-state index contributed by atoms with van der Waals surface area (Å²) in [4.78, 5) is 23.1. The minimum Gasteiger partial charge on any atom is -0.387 e. The molecule has 0 rings (SSSR count). The van der Waals surface area contributed by atoms with E-state index in [-0.39, 0.29) is 19.1 Å². The summed E-state index contributed by atoms with van der Waals surface area (Å²) < 4.78 is 23.5. The van der Waals surface area contributed by atoms with E-state index in [4.69, 9.17) is 9.05 Å². The highest BCUT2D eigenvalue weighted by Crippen LogP contribution is 2.43. The third-order valence-corrected chi connectivity index (χ3v) is 10.7. The maximum Gasteiger partial charge on any atom is 0.472 e. The average Bonchev–Trinajstić information content (AvgIpc) is 3.23. The molecule has 0 aromatic rings. The van der Waals surface area contributed by atoms with Crippen molar-refractivity contribution >= 4 is 13.7 Å². The summed E-state index contributed by atoms with van der Waals surface area (Å²) in [5, 5.41) is 13.7. The van der Waals surface area contributed by atoms with E-state index in [1.54, 1.807) is 6.08 Å². The molecule has 0 spiro atoms. The molecule has 0 saturated heterocycles. The van der Waals surface area contributed by atoms with Crippen LogP contribution in [0.15, 0.2) is 122 Å². The van der Waals surface area contributed by atoms with Crippen LogP contribution in [0.25, 0.3) is 0 Å². The van der Waals surface area contributed by atoms with Gasteiger partial charge < -0.3 is 19.8 Å². The summed E-state index contributed by atoms with van der Waals surface area (Å²) in [5.41, 5.74) is 0. The summed E-state index contributed by atoms with van der Waals surface area (Å²) in [6.45, 7) is 4.60. The van der Waals surface area contributed by atoms with E-state index in [1.807, 2.05) is 27.2 Å². The lowest BCUT2D eigenvalue weighted by Gasteiger charge is -2.25. The van der Waals surface area contributed by atoms with Gasteiger partial charge in [-0.05, 0) is 89.9 Å². The van der Waals surface area contributed by atoms with Gasteiger partial charge in [-0.25, -0.2) is 4.57 Å². The molecule has 3 atom stereocenters. The molecule has 0 radical (unpaired) electrons. The molecule has 9 heteroatoms. The maximum absolute atomic E-state index is 12.8. The molecule has 0 saturated carbocycles. The molecule has 3 N–H and O–H groups in total. The van der Waals surface area contributed by atoms with E-state index >= 15 is 0 Å². The fourth-order valence-corrected chi connectivity index (χ4v) is 6.65. The number of allylic oxidation sites excluding steroid dienone is 19. The number of hydrogen-bond donors (Lipinski definition) is 3. The van der Waals surface area contributed by atoms with Gasteiger partial charge in [0.05, 0.1) is 39.9 Å². The van der Waals surface area contributed by atoms with E-state index in [1.165, 1.54) is 32.1 Å². The molecule has 0 aliphatic rings. The molecule has 0 aromatic carbocycles. The van der Waals surface area contributed by atoms with Gasteiger partial charge in [0, 0.05) is 6.42 Å². The van der Waals surface area contributed by atoms with Gasteiger partial charge >= 0.3 is 7.82 Å². The summed E-state index contributed by atoms with van der Waals surface area (Å²) in [6, 6.07) is -0.871. The Morgan fingerprint density at radius 3 is 1.42 bits per heavy atom. The molecule has 8 nitrogen and oxygen atoms in total. The van der Waals surface area contributed by atoms with Gasteiger partial charge in [-0.1, -0.05) is 180 Å². The zero-order valence-corrected chi connectivity index (χ0v) is 40.7. The first-order valence-electron chi connectivity index (χ1n) is 23.9. The smallest absolute Gasteiger partial charge is 0.387 e. The summed E-state index contributed by atoms with van der Waals surface area (Å²) in [5.74, 6) is -0.219. The van der Waals surface area contributed by atoms with Crippen molar-refractivity contribution in [3.05, 3.63) is 122 Å². The third kappa shape index (κ3) is 44.9. The number of likely N-dealkylation sites (N-methyl/N-ethyl adjacent to an activating group) is 1. The van der Waals surface area contributed by atoms with Crippen LogP contribution in [0.5, 0.6) is 0 Å². The number of phosphoric ester groups is 1. The second-order valence-electron chi connectivity index (χ2n) is 16.8. The number of nitrogens with one attached hydrogen (secondary N) is 1. The van der Waals surface area contributed by atoms with Crippen LogP contribution in [0, 0.1) is 0 Å². The maximum atomic E-state index is 12.8. The quantitative estimate of drug-likeness (QED) is 0.0244. The Hall–Kier alpha value is -3.10. The predicted molar refractivity (Wildman–Crippen MR) is 267 cm³/mol. The first-order valence-corrected chi connectivity index (χ1v) is 25.4. The predicted octanol–water partition coefficient (Wildman–Crippen LogP) is 13.9. The Balaban J connectivity index is 4.30. The van der Waals surface area contributed by atoms with Gasteiger partial charge in [0.1, 0.15) is 13.2 Å². The van der Waals surface area contributed by atoms with Gasteiger partial charge in [-0.2, -0.15) is 0 Å². The molecule has 352 valence electrons. The Kier molecular flexibility index (Phi) is 41.0. The minimum atomic E-state index is -4.35. The molecule has 0 aliphatic heterocycles. The zero-order chi connectivity index (χ0) is 45.7. The van der Waals surface area contributed by atoms with Crippen molar-refractivity contribution in [2.45, 2.75) is 167 Å². The van der Waals surface area contributed by atoms with E-state index in [0.29, 0.717) is 17.4 Å². The van der Waals surface area contributed by atoms with Gasteiger partial charge in [0.2, 0.25) is 5.91 Å².